The number of hydrogen-bond donors (Lipinski definition) is 1. The lowest BCUT2D eigenvalue weighted by Crippen LogP contribution is -2.36. The SMILES string of the molecule is CNC(CCN(CC(C)C)C(C)C)c1ccc(C)c(F)c1. The summed E-state index contributed by atoms with van der Waals surface area (Å²) in [5, 5.41) is 3.32. The molecule has 0 radical (unpaired) electrons. The fourth-order valence-electron chi connectivity index (χ4n) is 2.63. The molecular weight excluding hydrogens is 263 g/mol. The Morgan fingerprint density at radius 1 is 1.19 bits per heavy atom. The maximum atomic E-state index is 13.7. The van der Waals surface area contributed by atoms with Gasteiger partial charge in [0, 0.05) is 25.2 Å². The highest BCUT2D eigenvalue weighted by Gasteiger charge is 2.16. The molecule has 0 heterocycles. The summed E-state index contributed by atoms with van der Waals surface area (Å²) in [4.78, 5) is 2.50. The quantitative estimate of drug-likeness (QED) is 0.775. The van der Waals surface area contributed by atoms with Crippen LogP contribution in [0.1, 0.15) is 51.3 Å². The third-order valence-electron chi connectivity index (χ3n) is 3.98. The van der Waals surface area contributed by atoms with Crippen molar-refractivity contribution in [3.05, 3.63) is 35.1 Å². The van der Waals surface area contributed by atoms with Gasteiger partial charge in [-0.2, -0.15) is 0 Å². The van der Waals surface area contributed by atoms with Crippen molar-refractivity contribution in [3.8, 4) is 0 Å². The Morgan fingerprint density at radius 3 is 2.33 bits per heavy atom. The molecule has 0 aliphatic heterocycles. The number of aryl methyl sites for hydroxylation is 1. The van der Waals surface area contributed by atoms with Crippen molar-refractivity contribution in [3.63, 3.8) is 0 Å². The molecule has 0 bridgehead atoms. The van der Waals surface area contributed by atoms with Gasteiger partial charge >= 0.3 is 0 Å². The minimum absolute atomic E-state index is 0.115. The highest BCUT2D eigenvalue weighted by molar-refractivity contribution is 5.25. The summed E-state index contributed by atoms with van der Waals surface area (Å²) in [7, 11) is 1.95. The highest BCUT2D eigenvalue weighted by Crippen LogP contribution is 2.20. The minimum atomic E-state index is -0.115. The number of halogens is 1. The predicted molar refractivity (Wildman–Crippen MR) is 89.1 cm³/mol. The molecule has 0 aliphatic carbocycles. The molecule has 0 spiro atoms. The summed E-state index contributed by atoms with van der Waals surface area (Å²) in [6.07, 6.45) is 0.990. The molecule has 21 heavy (non-hydrogen) atoms. The lowest BCUT2D eigenvalue weighted by Gasteiger charge is -2.30. The van der Waals surface area contributed by atoms with E-state index in [4.69, 9.17) is 0 Å². The second kappa shape index (κ2) is 8.50. The molecule has 0 aromatic heterocycles. The van der Waals surface area contributed by atoms with Gasteiger partial charge in [-0.15, -0.1) is 0 Å². The normalized spacial score (nSPS) is 13.4. The van der Waals surface area contributed by atoms with Crippen molar-refractivity contribution in [2.45, 2.75) is 53.1 Å². The van der Waals surface area contributed by atoms with E-state index in [-0.39, 0.29) is 11.9 Å². The summed E-state index contributed by atoms with van der Waals surface area (Å²) in [6, 6.07) is 6.30. The van der Waals surface area contributed by atoms with E-state index in [1.807, 2.05) is 19.2 Å². The van der Waals surface area contributed by atoms with Crippen LogP contribution >= 0.6 is 0 Å². The molecular formula is C18H31FN2. The van der Waals surface area contributed by atoms with E-state index in [2.05, 4.69) is 37.9 Å². The zero-order chi connectivity index (χ0) is 16.0. The molecule has 0 saturated heterocycles. The first-order valence-corrected chi connectivity index (χ1v) is 8.02. The molecule has 1 rings (SSSR count). The highest BCUT2D eigenvalue weighted by atomic mass is 19.1. The Labute approximate surface area is 129 Å². The third kappa shape index (κ3) is 5.76. The third-order valence-corrected chi connectivity index (χ3v) is 3.98. The second-order valence-corrected chi connectivity index (χ2v) is 6.62. The first kappa shape index (κ1) is 18.1. The maximum absolute atomic E-state index is 13.7. The van der Waals surface area contributed by atoms with Gasteiger partial charge in [-0.1, -0.05) is 26.0 Å². The van der Waals surface area contributed by atoms with E-state index >= 15 is 0 Å². The molecule has 1 aromatic carbocycles. The van der Waals surface area contributed by atoms with Crippen LogP contribution in [-0.2, 0) is 0 Å². The van der Waals surface area contributed by atoms with E-state index in [9.17, 15) is 4.39 Å². The zero-order valence-electron chi connectivity index (χ0n) is 14.4. The Morgan fingerprint density at radius 2 is 1.86 bits per heavy atom. The molecule has 1 N–H and O–H groups in total. The molecule has 120 valence electrons. The van der Waals surface area contributed by atoms with Crippen LogP contribution in [0.4, 0.5) is 4.39 Å². The summed E-state index contributed by atoms with van der Waals surface area (Å²) in [5.74, 6) is 0.549. The average Bonchev–Trinajstić information content (AvgIpc) is 2.41. The molecule has 2 nitrogen and oxygen atoms in total. The fourth-order valence-corrected chi connectivity index (χ4v) is 2.63. The fraction of sp³-hybridized carbons (Fsp3) is 0.667. The van der Waals surface area contributed by atoms with Crippen LogP contribution in [0, 0.1) is 18.7 Å². The van der Waals surface area contributed by atoms with Crippen molar-refractivity contribution in [2.75, 3.05) is 20.1 Å². The molecule has 0 saturated carbocycles. The lowest BCUT2D eigenvalue weighted by atomic mass is 10.0. The van der Waals surface area contributed by atoms with Gasteiger partial charge < -0.3 is 10.2 Å². The molecule has 0 amide bonds. The van der Waals surface area contributed by atoms with Crippen LogP contribution in [0.3, 0.4) is 0 Å². The van der Waals surface area contributed by atoms with Gasteiger partial charge in [0.25, 0.3) is 0 Å². The van der Waals surface area contributed by atoms with E-state index in [0.717, 1.165) is 25.1 Å². The first-order valence-electron chi connectivity index (χ1n) is 8.02. The van der Waals surface area contributed by atoms with Gasteiger partial charge in [0.2, 0.25) is 0 Å². The van der Waals surface area contributed by atoms with Crippen LogP contribution in [0.5, 0.6) is 0 Å². The van der Waals surface area contributed by atoms with Crippen molar-refractivity contribution < 1.29 is 4.39 Å². The Hall–Kier alpha value is -0.930. The summed E-state index contributed by atoms with van der Waals surface area (Å²) < 4.78 is 13.7. The van der Waals surface area contributed by atoms with E-state index < -0.39 is 0 Å². The topological polar surface area (TPSA) is 15.3 Å². The number of rotatable bonds is 8. The number of nitrogens with one attached hydrogen (secondary N) is 1. The molecule has 3 heteroatoms. The number of hydrogen-bond acceptors (Lipinski definition) is 2. The van der Waals surface area contributed by atoms with Gasteiger partial charge in [-0.05, 0) is 57.4 Å². The van der Waals surface area contributed by atoms with Crippen LogP contribution in [0.2, 0.25) is 0 Å². The van der Waals surface area contributed by atoms with E-state index in [1.54, 1.807) is 13.0 Å². The smallest absolute Gasteiger partial charge is 0.126 e. The number of benzene rings is 1. The van der Waals surface area contributed by atoms with Crippen LogP contribution in [0.15, 0.2) is 18.2 Å². The van der Waals surface area contributed by atoms with Crippen molar-refractivity contribution in [2.24, 2.45) is 5.92 Å². The number of nitrogens with zero attached hydrogens (tertiary/aromatic N) is 1. The van der Waals surface area contributed by atoms with Crippen LogP contribution in [0.25, 0.3) is 0 Å². The first-order chi connectivity index (χ1) is 9.85. The van der Waals surface area contributed by atoms with Crippen LogP contribution < -0.4 is 5.32 Å². The molecule has 1 unspecified atom stereocenters. The maximum Gasteiger partial charge on any atom is 0.126 e. The van der Waals surface area contributed by atoms with E-state index in [0.29, 0.717) is 17.5 Å². The van der Waals surface area contributed by atoms with E-state index in [1.165, 1.54) is 0 Å². The average molecular weight is 294 g/mol. The van der Waals surface area contributed by atoms with Gasteiger partial charge in [0.05, 0.1) is 0 Å². The van der Waals surface area contributed by atoms with Crippen molar-refractivity contribution in [1.29, 1.82) is 0 Å². The lowest BCUT2D eigenvalue weighted by molar-refractivity contribution is 0.188. The zero-order valence-corrected chi connectivity index (χ0v) is 14.4. The van der Waals surface area contributed by atoms with Crippen molar-refractivity contribution >= 4 is 0 Å². The summed E-state index contributed by atoms with van der Waals surface area (Å²) in [6.45, 7) is 12.9. The molecule has 0 aliphatic rings. The Balaban J connectivity index is 2.70. The molecule has 1 atom stereocenters. The predicted octanol–water partition coefficient (Wildman–Crippen LogP) is 4.15. The van der Waals surface area contributed by atoms with Crippen molar-refractivity contribution in [1.82, 2.24) is 10.2 Å². The van der Waals surface area contributed by atoms with Gasteiger partial charge in [0.15, 0.2) is 0 Å². The minimum Gasteiger partial charge on any atom is -0.313 e. The Kier molecular flexibility index (Phi) is 7.33. The molecule has 0 fully saturated rings. The van der Waals surface area contributed by atoms with Gasteiger partial charge in [-0.3, -0.25) is 0 Å². The standard InChI is InChI=1S/C18H31FN2/c1-13(2)12-21(14(3)4)10-9-18(20-6)16-8-7-15(5)17(19)11-16/h7-8,11,13-14,18,20H,9-10,12H2,1-6H3. The summed E-state index contributed by atoms with van der Waals surface area (Å²) in [5.41, 5.74) is 1.74. The Bertz CT molecular complexity index is 429. The second-order valence-electron chi connectivity index (χ2n) is 6.62. The van der Waals surface area contributed by atoms with Crippen LogP contribution in [-0.4, -0.2) is 31.1 Å². The van der Waals surface area contributed by atoms with Gasteiger partial charge in [0.1, 0.15) is 5.82 Å². The van der Waals surface area contributed by atoms with Gasteiger partial charge in [-0.25, -0.2) is 4.39 Å². The largest absolute Gasteiger partial charge is 0.313 e. The summed E-state index contributed by atoms with van der Waals surface area (Å²) >= 11 is 0. The monoisotopic (exact) mass is 294 g/mol. The molecule has 1 aromatic rings.